The van der Waals surface area contributed by atoms with Crippen molar-refractivity contribution < 1.29 is 0 Å². The quantitative estimate of drug-likeness (QED) is 0.544. The molecule has 1 saturated carbocycles. The second-order valence-electron chi connectivity index (χ2n) is 6.82. The topological polar surface area (TPSA) is 12.9 Å². The molecule has 1 fully saturated rings. The van der Waals surface area contributed by atoms with Crippen LogP contribution in [0.25, 0.3) is 22.2 Å². The van der Waals surface area contributed by atoms with Gasteiger partial charge in [-0.1, -0.05) is 61.2 Å². The number of hydrogen-bond acceptors (Lipinski definition) is 1. The fourth-order valence-electron chi connectivity index (χ4n) is 3.91. The number of fused-ring (bicyclic) bond motifs is 1. The molecule has 0 radical (unpaired) electrons. The molecule has 0 saturated heterocycles. The van der Waals surface area contributed by atoms with E-state index in [1.165, 1.54) is 54.2 Å². The van der Waals surface area contributed by atoms with Gasteiger partial charge in [-0.2, -0.15) is 0 Å². The van der Waals surface area contributed by atoms with Gasteiger partial charge in [0.15, 0.2) is 0 Å². The summed E-state index contributed by atoms with van der Waals surface area (Å²) in [5.74, 6) is 0.695. The minimum Gasteiger partial charge on any atom is -0.248 e. The number of aromatic nitrogens is 1. The van der Waals surface area contributed by atoms with Crippen molar-refractivity contribution in [1.29, 1.82) is 0 Å². The Bertz CT molecular complexity index is 828. The largest absolute Gasteiger partial charge is 0.248 e. The molecule has 1 aliphatic rings. The molecule has 116 valence electrons. The first kappa shape index (κ1) is 14.4. The summed E-state index contributed by atoms with van der Waals surface area (Å²) in [6.07, 6.45) is 6.76. The number of aryl methyl sites for hydroxylation is 1. The van der Waals surface area contributed by atoms with Crippen molar-refractivity contribution in [3.05, 3.63) is 65.7 Å². The van der Waals surface area contributed by atoms with Crippen LogP contribution in [0.1, 0.15) is 49.1 Å². The molecule has 0 N–H and O–H groups in total. The number of para-hydroxylation sites is 1. The van der Waals surface area contributed by atoms with E-state index in [9.17, 15) is 0 Å². The Morgan fingerprint density at radius 1 is 0.870 bits per heavy atom. The van der Waals surface area contributed by atoms with Gasteiger partial charge in [-0.05, 0) is 49.4 Å². The lowest BCUT2D eigenvalue weighted by Gasteiger charge is -2.24. The number of hydrogen-bond donors (Lipinski definition) is 0. The van der Waals surface area contributed by atoms with Crippen LogP contribution in [0.15, 0.2) is 54.6 Å². The SMILES string of the molecule is Cc1cccc(-c2cc(C3CCCCC3)c3ccccc3n2)c1. The zero-order valence-electron chi connectivity index (χ0n) is 13.8. The van der Waals surface area contributed by atoms with E-state index >= 15 is 0 Å². The van der Waals surface area contributed by atoms with Gasteiger partial charge in [0.2, 0.25) is 0 Å². The molecule has 0 aliphatic heterocycles. The maximum atomic E-state index is 4.94. The van der Waals surface area contributed by atoms with Crippen molar-refractivity contribution in [1.82, 2.24) is 4.98 Å². The van der Waals surface area contributed by atoms with Crippen LogP contribution < -0.4 is 0 Å². The predicted molar refractivity (Wildman–Crippen MR) is 97.7 cm³/mol. The fourth-order valence-corrected chi connectivity index (χ4v) is 3.91. The number of nitrogens with zero attached hydrogens (tertiary/aromatic N) is 1. The third-order valence-electron chi connectivity index (χ3n) is 5.11. The van der Waals surface area contributed by atoms with Gasteiger partial charge in [0.1, 0.15) is 0 Å². The first-order valence-electron chi connectivity index (χ1n) is 8.78. The van der Waals surface area contributed by atoms with Crippen LogP contribution in [0.5, 0.6) is 0 Å². The summed E-state index contributed by atoms with van der Waals surface area (Å²) >= 11 is 0. The van der Waals surface area contributed by atoms with Gasteiger partial charge < -0.3 is 0 Å². The summed E-state index contributed by atoms with van der Waals surface area (Å²) in [5.41, 5.74) is 6.27. The molecule has 1 nitrogen and oxygen atoms in total. The normalized spacial score (nSPS) is 15.9. The molecule has 0 bridgehead atoms. The van der Waals surface area contributed by atoms with Gasteiger partial charge in [0.05, 0.1) is 11.2 Å². The monoisotopic (exact) mass is 301 g/mol. The van der Waals surface area contributed by atoms with Crippen LogP contribution in [0.3, 0.4) is 0 Å². The standard InChI is InChI=1S/C22H23N/c1-16-8-7-11-18(14-16)22-15-20(17-9-3-2-4-10-17)19-12-5-6-13-21(19)23-22/h5-8,11-15,17H,2-4,9-10H2,1H3. The van der Waals surface area contributed by atoms with Crippen molar-refractivity contribution in [2.24, 2.45) is 0 Å². The minimum absolute atomic E-state index is 0.695. The molecule has 23 heavy (non-hydrogen) atoms. The smallest absolute Gasteiger partial charge is 0.0712 e. The summed E-state index contributed by atoms with van der Waals surface area (Å²) in [5, 5.41) is 1.34. The van der Waals surface area contributed by atoms with Gasteiger partial charge in [-0.15, -0.1) is 0 Å². The Morgan fingerprint density at radius 2 is 1.70 bits per heavy atom. The molecule has 1 aliphatic carbocycles. The van der Waals surface area contributed by atoms with Crippen molar-refractivity contribution in [2.45, 2.75) is 44.9 Å². The molecule has 4 rings (SSSR count). The third kappa shape index (κ3) is 2.88. The highest BCUT2D eigenvalue weighted by Gasteiger charge is 2.19. The maximum Gasteiger partial charge on any atom is 0.0712 e. The summed E-state index contributed by atoms with van der Waals surface area (Å²) in [4.78, 5) is 4.94. The van der Waals surface area contributed by atoms with Crippen molar-refractivity contribution in [3.63, 3.8) is 0 Å². The Morgan fingerprint density at radius 3 is 2.52 bits per heavy atom. The molecular weight excluding hydrogens is 278 g/mol. The number of pyridine rings is 1. The van der Waals surface area contributed by atoms with Gasteiger partial charge in [0, 0.05) is 10.9 Å². The van der Waals surface area contributed by atoms with Gasteiger partial charge in [0.25, 0.3) is 0 Å². The minimum atomic E-state index is 0.695. The van der Waals surface area contributed by atoms with E-state index < -0.39 is 0 Å². The maximum absolute atomic E-state index is 4.94. The van der Waals surface area contributed by atoms with E-state index in [1.807, 2.05) is 0 Å². The summed E-state index contributed by atoms with van der Waals surface area (Å²) < 4.78 is 0. The van der Waals surface area contributed by atoms with Crippen LogP contribution >= 0.6 is 0 Å². The van der Waals surface area contributed by atoms with Crippen LogP contribution in [-0.4, -0.2) is 4.98 Å². The van der Waals surface area contributed by atoms with Crippen LogP contribution in [-0.2, 0) is 0 Å². The van der Waals surface area contributed by atoms with E-state index in [0.29, 0.717) is 5.92 Å². The lowest BCUT2D eigenvalue weighted by Crippen LogP contribution is -2.06. The Balaban J connectivity index is 1.89. The van der Waals surface area contributed by atoms with Gasteiger partial charge >= 0.3 is 0 Å². The average Bonchev–Trinajstić information content (AvgIpc) is 2.61. The molecule has 0 unspecified atom stereocenters. The van der Waals surface area contributed by atoms with Crippen molar-refractivity contribution in [2.75, 3.05) is 0 Å². The van der Waals surface area contributed by atoms with E-state index in [1.54, 1.807) is 0 Å². The summed E-state index contributed by atoms with van der Waals surface area (Å²) in [6.45, 7) is 2.15. The second kappa shape index (κ2) is 6.16. The number of benzene rings is 2. The molecule has 1 heterocycles. The lowest BCUT2D eigenvalue weighted by atomic mass is 9.82. The summed E-state index contributed by atoms with van der Waals surface area (Å²) in [7, 11) is 0. The molecule has 3 aromatic rings. The second-order valence-corrected chi connectivity index (χ2v) is 6.82. The third-order valence-corrected chi connectivity index (χ3v) is 5.11. The van der Waals surface area contributed by atoms with Crippen LogP contribution in [0, 0.1) is 6.92 Å². The van der Waals surface area contributed by atoms with Gasteiger partial charge in [-0.25, -0.2) is 4.98 Å². The van der Waals surface area contributed by atoms with Crippen LogP contribution in [0.2, 0.25) is 0 Å². The molecule has 1 heteroatoms. The predicted octanol–water partition coefficient (Wildman–Crippen LogP) is 6.26. The molecule has 0 atom stereocenters. The highest BCUT2D eigenvalue weighted by atomic mass is 14.7. The van der Waals surface area contributed by atoms with Crippen LogP contribution in [0.4, 0.5) is 0 Å². The Labute approximate surface area is 138 Å². The fraction of sp³-hybridized carbons (Fsp3) is 0.318. The Hall–Kier alpha value is -2.15. The highest BCUT2D eigenvalue weighted by Crippen LogP contribution is 2.37. The van der Waals surface area contributed by atoms with E-state index in [-0.39, 0.29) is 0 Å². The number of rotatable bonds is 2. The van der Waals surface area contributed by atoms with Crippen molar-refractivity contribution >= 4 is 10.9 Å². The zero-order chi connectivity index (χ0) is 15.6. The van der Waals surface area contributed by atoms with E-state index in [4.69, 9.17) is 4.98 Å². The zero-order valence-corrected chi connectivity index (χ0v) is 13.8. The van der Waals surface area contributed by atoms with E-state index in [2.05, 4.69) is 61.5 Å². The first-order chi connectivity index (χ1) is 11.3. The highest BCUT2D eigenvalue weighted by molar-refractivity contribution is 5.85. The lowest BCUT2D eigenvalue weighted by molar-refractivity contribution is 0.445. The molecule has 0 spiro atoms. The molecular formula is C22H23N. The van der Waals surface area contributed by atoms with Gasteiger partial charge in [-0.3, -0.25) is 0 Å². The summed E-state index contributed by atoms with van der Waals surface area (Å²) in [6, 6.07) is 19.7. The van der Waals surface area contributed by atoms with Crippen molar-refractivity contribution in [3.8, 4) is 11.3 Å². The van der Waals surface area contributed by atoms with E-state index in [0.717, 1.165) is 11.2 Å². The molecule has 2 aromatic carbocycles. The first-order valence-corrected chi connectivity index (χ1v) is 8.78. The Kier molecular flexibility index (Phi) is 3.87. The average molecular weight is 301 g/mol. The molecule has 0 amide bonds. The molecule has 1 aromatic heterocycles.